The van der Waals surface area contributed by atoms with E-state index < -0.39 is 5.60 Å². The molecule has 1 radical (unpaired) electrons. The van der Waals surface area contributed by atoms with Crippen molar-refractivity contribution in [1.29, 1.82) is 0 Å². The maximum atomic E-state index is 9.23. The van der Waals surface area contributed by atoms with E-state index >= 15 is 0 Å². The molecular formula is C4H6NO2. The van der Waals surface area contributed by atoms with E-state index in [1.54, 1.807) is 0 Å². The van der Waals surface area contributed by atoms with Crippen LogP contribution < -0.4 is 0 Å². The summed E-state index contributed by atoms with van der Waals surface area (Å²) in [5.74, 6) is 0. The van der Waals surface area contributed by atoms with Gasteiger partial charge in [0, 0.05) is 6.92 Å². The first-order valence-electron chi connectivity index (χ1n) is 1.63. The third kappa shape index (κ3) is 5.27. The molecule has 0 aliphatic rings. The molecule has 3 nitrogen and oxygen atoms in total. The van der Waals surface area contributed by atoms with Crippen molar-refractivity contribution in [2.45, 2.75) is 5.60 Å². The van der Waals surface area contributed by atoms with Crippen LogP contribution in [0.2, 0.25) is 0 Å². The summed E-state index contributed by atoms with van der Waals surface area (Å²) in [5, 5.41) is 2.07. The van der Waals surface area contributed by atoms with E-state index in [0.717, 1.165) is 0 Å². The fourth-order valence-electron chi connectivity index (χ4n) is 0.0791. The molecule has 3 heteroatoms. The predicted octanol–water partition coefficient (Wildman–Crippen LogP) is 0.925. The van der Waals surface area contributed by atoms with Crippen LogP contribution in [-0.4, -0.2) is 5.60 Å². The summed E-state index contributed by atoms with van der Waals surface area (Å²) in [5.41, 5.74) is -1.18. The van der Waals surface area contributed by atoms with Crippen molar-refractivity contribution < 1.29 is 4.84 Å². The minimum atomic E-state index is -1.18. The zero-order valence-electron chi connectivity index (χ0n) is 3.89. The molecule has 0 aromatic heterocycles. The van der Waals surface area contributed by atoms with Gasteiger partial charge in [-0.1, -0.05) is 0 Å². The van der Waals surface area contributed by atoms with Crippen molar-refractivity contribution >= 4 is 0 Å². The van der Waals surface area contributed by atoms with Gasteiger partial charge in [0.15, 0.2) is 10.9 Å². The Bertz CT molecular complexity index is 64.6. The van der Waals surface area contributed by atoms with Crippen molar-refractivity contribution in [3.63, 3.8) is 0 Å². The maximum Gasteiger partial charge on any atom is 0.157 e. The SMILES string of the molecule is [CH2]C([CH2+])([CH2-])ON=O. The first-order valence-corrected chi connectivity index (χ1v) is 1.63. The molecule has 0 N–H and O–H groups in total. The van der Waals surface area contributed by atoms with Crippen molar-refractivity contribution in [3.8, 4) is 0 Å². The number of nitrogens with zero attached hydrogens (tertiary/aromatic N) is 1. The lowest BCUT2D eigenvalue weighted by molar-refractivity contribution is 0.0581. The smallest absolute Gasteiger partial charge is 0.157 e. The lowest BCUT2D eigenvalue weighted by atomic mass is 10.2. The largest absolute Gasteiger partial charge is 0.343 e. The lowest BCUT2D eigenvalue weighted by Crippen LogP contribution is -2.16. The molecular weight excluding hydrogens is 94.0 g/mol. The van der Waals surface area contributed by atoms with Gasteiger partial charge >= 0.3 is 0 Å². The summed E-state index contributed by atoms with van der Waals surface area (Å²) in [7, 11) is 0. The van der Waals surface area contributed by atoms with E-state index in [0.29, 0.717) is 0 Å². The van der Waals surface area contributed by atoms with Crippen LogP contribution in [0.5, 0.6) is 0 Å². The Hall–Kier alpha value is -0.730. The highest BCUT2D eigenvalue weighted by Crippen LogP contribution is 2.03. The average molecular weight is 100 g/mol. The van der Waals surface area contributed by atoms with Crippen LogP contribution in [0.4, 0.5) is 0 Å². The number of hydrogen-bond acceptors (Lipinski definition) is 3. The second-order valence-electron chi connectivity index (χ2n) is 1.35. The van der Waals surface area contributed by atoms with Crippen LogP contribution in [0.15, 0.2) is 5.34 Å². The van der Waals surface area contributed by atoms with E-state index in [4.69, 9.17) is 0 Å². The van der Waals surface area contributed by atoms with Crippen LogP contribution in [0, 0.1) is 25.7 Å². The molecule has 0 unspecified atom stereocenters. The molecule has 7 heavy (non-hydrogen) atoms. The van der Waals surface area contributed by atoms with Gasteiger partial charge in [0.1, 0.15) is 0 Å². The Morgan fingerprint density at radius 3 is 2.43 bits per heavy atom. The van der Waals surface area contributed by atoms with E-state index in [9.17, 15) is 4.91 Å². The van der Waals surface area contributed by atoms with Crippen LogP contribution in [0.3, 0.4) is 0 Å². The highest BCUT2D eigenvalue weighted by molar-refractivity contribution is 4.88. The summed E-state index contributed by atoms with van der Waals surface area (Å²) in [6.07, 6.45) is 0. The Morgan fingerprint density at radius 1 is 2.00 bits per heavy atom. The van der Waals surface area contributed by atoms with Gasteiger partial charge in [-0.05, 0) is 0 Å². The first kappa shape index (κ1) is 6.27. The highest BCUT2D eigenvalue weighted by atomic mass is 16.7. The summed E-state index contributed by atoms with van der Waals surface area (Å²) in [4.78, 5) is 13.2. The second-order valence-corrected chi connectivity index (χ2v) is 1.35. The summed E-state index contributed by atoms with van der Waals surface area (Å²) in [6.45, 7) is 9.67. The molecule has 0 rings (SSSR count). The second kappa shape index (κ2) is 1.82. The Morgan fingerprint density at radius 2 is 2.43 bits per heavy atom. The van der Waals surface area contributed by atoms with E-state index in [1.807, 2.05) is 0 Å². The highest BCUT2D eigenvalue weighted by Gasteiger charge is 2.10. The molecule has 0 aromatic rings. The van der Waals surface area contributed by atoms with Gasteiger partial charge < -0.3 is 4.84 Å². The van der Waals surface area contributed by atoms with Gasteiger partial charge in [-0.2, -0.15) is 0 Å². The fourth-order valence-corrected chi connectivity index (χ4v) is 0.0791. The monoisotopic (exact) mass is 100 g/mol. The molecule has 0 saturated heterocycles. The van der Waals surface area contributed by atoms with Crippen LogP contribution in [-0.2, 0) is 4.84 Å². The van der Waals surface area contributed by atoms with Crippen molar-refractivity contribution in [3.05, 3.63) is 25.7 Å². The Labute approximate surface area is 42.6 Å². The summed E-state index contributed by atoms with van der Waals surface area (Å²) < 4.78 is 0. The zero-order chi connectivity index (χ0) is 5.91. The quantitative estimate of drug-likeness (QED) is 0.294. The Kier molecular flexibility index (Phi) is 1.63. The number of hydrogen-bond donors (Lipinski definition) is 0. The first-order chi connectivity index (χ1) is 3.06. The zero-order valence-corrected chi connectivity index (χ0v) is 3.89. The van der Waals surface area contributed by atoms with Gasteiger partial charge in [0.2, 0.25) is 0 Å². The molecule has 0 aromatic carbocycles. The fraction of sp³-hybridized carbons (Fsp3) is 0.250. The maximum absolute atomic E-state index is 9.23. The average Bonchev–Trinajstić information content (AvgIpc) is 1.30. The molecule has 0 aliphatic heterocycles. The van der Waals surface area contributed by atoms with Gasteiger partial charge in [0.05, 0.1) is 6.92 Å². The molecule has 0 atom stereocenters. The van der Waals surface area contributed by atoms with Gasteiger partial charge in [0.25, 0.3) is 0 Å². The Balaban J connectivity index is 3.34. The van der Waals surface area contributed by atoms with E-state index in [1.165, 1.54) is 0 Å². The van der Waals surface area contributed by atoms with Crippen LogP contribution in [0.1, 0.15) is 0 Å². The molecule has 0 aliphatic carbocycles. The van der Waals surface area contributed by atoms with Crippen molar-refractivity contribution in [1.82, 2.24) is 0 Å². The van der Waals surface area contributed by atoms with Crippen molar-refractivity contribution in [2.24, 2.45) is 5.34 Å². The minimum Gasteiger partial charge on any atom is -0.343 e. The third-order valence-electron chi connectivity index (χ3n) is 0.231. The van der Waals surface area contributed by atoms with E-state index in [-0.39, 0.29) is 0 Å². The van der Waals surface area contributed by atoms with Crippen LogP contribution >= 0.6 is 0 Å². The van der Waals surface area contributed by atoms with Gasteiger partial charge in [-0.15, -0.1) is 4.91 Å². The standard InChI is InChI=1S/C4H6NO2/c1-4(2,3)7-5-6/h1-3H2. The molecule has 0 spiro atoms. The molecule has 0 heterocycles. The van der Waals surface area contributed by atoms with E-state index in [2.05, 4.69) is 30.9 Å². The minimum absolute atomic E-state index is 1.18. The number of rotatable bonds is 2. The van der Waals surface area contributed by atoms with Gasteiger partial charge in [-0.25, -0.2) is 0 Å². The molecule has 0 saturated carbocycles. The molecule has 0 bridgehead atoms. The predicted molar refractivity (Wildman–Crippen MR) is 25.7 cm³/mol. The van der Waals surface area contributed by atoms with Gasteiger partial charge in [-0.3, -0.25) is 6.92 Å². The topological polar surface area (TPSA) is 38.7 Å². The molecule has 39 valence electrons. The summed E-state index contributed by atoms with van der Waals surface area (Å²) >= 11 is 0. The van der Waals surface area contributed by atoms with Crippen molar-refractivity contribution in [2.75, 3.05) is 0 Å². The van der Waals surface area contributed by atoms with Crippen LogP contribution in [0.25, 0.3) is 0 Å². The lowest BCUT2D eigenvalue weighted by Gasteiger charge is -2.10. The molecule has 0 fully saturated rings. The normalized spacial score (nSPS) is 17.4. The summed E-state index contributed by atoms with van der Waals surface area (Å²) in [6, 6.07) is 0. The molecule has 0 amide bonds. The third-order valence-corrected chi connectivity index (χ3v) is 0.231.